The summed E-state index contributed by atoms with van der Waals surface area (Å²) in [7, 11) is 0. The molecule has 5 rings (SSSR count). The lowest BCUT2D eigenvalue weighted by molar-refractivity contribution is 0.0933. The van der Waals surface area contributed by atoms with Crippen LogP contribution in [-0.4, -0.2) is 15.9 Å². The van der Waals surface area contributed by atoms with Crippen molar-refractivity contribution in [3.05, 3.63) is 108 Å². The van der Waals surface area contributed by atoms with E-state index in [1.54, 1.807) is 6.20 Å². The molecule has 0 bridgehead atoms. The summed E-state index contributed by atoms with van der Waals surface area (Å²) < 4.78 is 0. The number of aromatic nitrogens is 2. The number of amides is 1. The standard InChI is InChI=1S/C27H24N4O/c32-27(30-24-12-6-10-19-7-4-5-11-23(19)24)21-13-15-22(16-14-21)29-25-17-18-28-26(31-25)20-8-2-1-3-9-20/h1-5,7-9,11,13-18,24H,6,10,12H2,(H,30,32)(H,28,29,31)/t24-/m0/s1. The maximum atomic E-state index is 12.8. The number of hydrogen-bond donors (Lipinski definition) is 2. The van der Waals surface area contributed by atoms with Gasteiger partial charge in [0.15, 0.2) is 5.82 Å². The molecule has 1 aromatic heterocycles. The second-order valence-electron chi connectivity index (χ2n) is 7.95. The number of hydrogen-bond acceptors (Lipinski definition) is 4. The minimum Gasteiger partial charge on any atom is -0.345 e. The first-order chi connectivity index (χ1) is 15.8. The Morgan fingerprint density at radius 1 is 0.875 bits per heavy atom. The van der Waals surface area contributed by atoms with Crippen LogP contribution in [0.4, 0.5) is 11.5 Å². The van der Waals surface area contributed by atoms with E-state index in [-0.39, 0.29) is 11.9 Å². The normalized spacial score (nSPS) is 14.9. The fourth-order valence-corrected chi connectivity index (χ4v) is 4.15. The summed E-state index contributed by atoms with van der Waals surface area (Å²) in [5.41, 5.74) is 5.05. The molecule has 0 aliphatic heterocycles. The van der Waals surface area contributed by atoms with E-state index >= 15 is 0 Å². The number of nitrogens with zero attached hydrogens (tertiary/aromatic N) is 2. The third-order valence-electron chi connectivity index (χ3n) is 5.78. The second-order valence-corrected chi connectivity index (χ2v) is 7.95. The van der Waals surface area contributed by atoms with Gasteiger partial charge in [0.1, 0.15) is 5.82 Å². The van der Waals surface area contributed by atoms with Crippen molar-refractivity contribution in [2.45, 2.75) is 25.3 Å². The number of benzene rings is 3. The van der Waals surface area contributed by atoms with Gasteiger partial charge in [0.05, 0.1) is 6.04 Å². The van der Waals surface area contributed by atoms with Crippen molar-refractivity contribution in [2.24, 2.45) is 0 Å². The molecule has 1 aliphatic rings. The first-order valence-corrected chi connectivity index (χ1v) is 10.9. The van der Waals surface area contributed by atoms with Crippen LogP contribution in [0.15, 0.2) is 91.1 Å². The molecule has 1 amide bonds. The summed E-state index contributed by atoms with van der Waals surface area (Å²) in [6.07, 6.45) is 4.88. The highest BCUT2D eigenvalue weighted by Crippen LogP contribution is 2.29. The SMILES string of the molecule is O=C(N[C@H]1CCCc2ccccc21)c1ccc(Nc2ccnc(-c3ccccc3)n2)cc1. The Bertz CT molecular complexity index is 1220. The van der Waals surface area contributed by atoms with E-state index in [9.17, 15) is 4.79 Å². The van der Waals surface area contributed by atoms with Gasteiger partial charge >= 0.3 is 0 Å². The maximum absolute atomic E-state index is 12.8. The molecule has 0 saturated carbocycles. The van der Waals surface area contributed by atoms with Crippen molar-refractivity contribution in [2.75, 3.05) is 5.32 Å². The molecule has 32 heavy (non-hydrogen) atoms. The Morgan fingerprint density at radius 2 is 1.66 bits per heavy atom. The molecule has 1 aliphatic carbocycles. The van der Waals surface area contributed by atoms with E-state index in [4.69, 9.17) is 0 Å². The zero-order chi connectivity index (χ0) is 21.8. The average Bonchev–Trinajstić information content (AvgIpc) is 2.85. The van der Waals surface area contributed by atoms with Crippen molar-refractivity contribution in [1.29, 1.82) is 0 Å². The predicted molar refractivity (Wildman–Crippen MR) is 127 cm³/mol. The number of nitrogens with one attached hydrogen (secondary N) is 2. The van der Waals surface area contributed by atoms with Crippen molar-refractivity contribution in [3.8, 4) is 11.4 Å². The van der Waals surface area contributed by atoms with Gasteiger partial charge in [-0.25, -0.2) is 9.97 Å². The Hall–Kier alpha value is -3.99. The van der Waals surface area contributed by atoms with Gasteiger partial charge in [-0.2, -0.15) is 0 Å². The van der Waals surface area contributed by atoms with Crippen LogP contribution in [0.3, 0.4) is 0 Å². The van der Waals surface area contributed by atoms with Crippen LogP contribution in [0, 0.1) is 0 Å². The molecule has 5 heteroatoms. The van der Waals surface area contributed by atoms with Crippen molar-refractivity contribution in [1.82, 2.24) is 15.3 Å². The zero-order valence-electron chi connectivity index (χ0n) is 17.7. The smallest absolute Gasteiger partial charge is 0.251 e. The van der Waals surface area contributed by atoms with Crippen LogP contribution in [0.5, 0.6) is 0 Å². The molecule has 0 saturated heterocycles. The van der Waals surface area contributed by atoms with Crippen molar-refractivity contribution in [3.63, 3.8) is 0 Å². The minimum absolute atomic E-state index is 0.0494. The molecule has 158 valence electrons. The van der Waals surface area contributed by atoms with Gasteiger partial charge in [0.2, 0.25) is 0 Å². The number of fused-ring (bicyclic) bond motifs is 1. The summed E-state index contributed by atoms with van der Waals surface area (Å²) in [5.74, 6) is 1.32. The van der Waals surface area contributed by atoms with Crippen LogP contribution in [0.2, 0.25) is 0 Å². The van der Waals surface area contributed by atoms with Gasteiger partial charge in [0, 0.05) is 23.0 Å². The summed E-state index contributed by atoms with van der Waals surface area (Å²) in [6.45, 7) is 0. The fraction of sp³-hybridized carbons (Fsp3) is 0.148. The van der Waals surface area contributed by atoms with Gasteiger partial charge < -0.3 is 10.6 Å². The Labute approximate surface area is 187 Å². The topological polar surface area (TPSA) is 66.9 Å². The van der Waals surface area contributed by atoms with Gasteiger partial charge in [-0.05, 0) is 60.7 Å². The average molecular weight is 421 g/mol. The van der Waals surface area contributed by atoms with Gasteiger partial charge in [0.25, 0.3) is 5.91 Å². The lowest BCUT2D eigenvalue weighted by Crippen LogP contribution is -2.30. The molecule has 2 N–H and O–H groups in total. The maximum Gasteiger partial charge on any atom is 0.251 e. The highest BCUT2D eigenvalue weighted by molar-refractivity contribution is 5.94. The molecule has 0 radical (unpaired) electrons. The molecule has 5 nitrogen and oxygen atoms in total. The monoisotopic (exact) mass is 420 g/mol. The van der Waals surface area contributed by atoms with E-state index in [1.165, 1.54) is 11.1 Å². The molecule has 1 atom stereocenters. The van der Waals surface area contributed by atoms with E-state index in [0.717, 1.165) is 30.5 Å². The third kappa shape index (κ3) is 4.37. The summed E-state index contributed by atoms with van der Waals surface area (Å²) in [6, 6.07) is 27.6. The molecule has 0 unspecified atom stereocenters. The highest BCUT2D eigenvalue weighted by Gasteiger charge is 2.21. The Balaban J connectivity index is 1.27. The first kappa shape index (κ1) is 19.9. The lowest BCUT2D eigenvalue weighted by Gasteiger charge is -2.26. The highest BCUT2D eigenvalue weighted by atomic mass is 16.1. The van der Waals surface area contributed by atoms with Gasteiger partial charge in [-0.1, -0.05) is 54.6 Å². The third-order valence-corrected chi connectivity index (χ3v) is 5.78. The lowest BCUT2D eigenvalue weighted by atomic mass is 9.87. The number of carbonyl (C=O) groups excluding carboxylic acids is 1. The molecular weight excluding hydrogens is 396 g/mol. The van der Waals surface area contributed by atoms with Gasteiger partial charge in [-0.15, -0.1) is 0 Å². The van der Waals surface area contributed by atoms with E-state index in [1.807, 2.05) is 66.7 Å². The number of carbonyl (C=O) groups is 1. The molecular formula is C27H24N4O. The second kappa shape index (κ2) is 9.02. The van der Waals surface area contributed by atoms with E-state index in [2.05, 4.69) is 38.8 Å². The summed E-state index contributed by atoms with van der Waals surface area (Å²) in [5, 5.41) is 6.50. The molecule has 1 heterocycles. The molecule has 0 spiro atoms. The molecule has 3 aromatic carbocycles. The van der Waals surface area contributed by atoms with Crippen molar-refractivity contribution < 1.29 is 4.79 Å². The minimum atomic E-state index is -0.0494. The zero-order valence-corrected chi connectivity index (χ0v) is 17.7. The number of rotatable bonds is 5. The quantitative estimate of drug-likeness (QED) is 0.435. The van der Waals surface area contributed by atoms with Crippen molar-refractivity contribution >= 4 is 17.4 Å². The van der Waals surface area contributed by atoms with Crippen LogP contribution in [-0.2, 0) is 6.42 Å². The summed E-state index contributed by atoms with van der Waals surface area (Å²) in [4.78, 5) is 21.8. The fourth-order valence-electron chi connectivity index (χ4n) is 4.15. The van der Waals surface area contributed by atoms with Crippen LogP contribution < -0.4 is 10.6 Å². The van der Waals surface area contributed by atoms with Crippen LogP contribution >= 0.6 is 0 Å². The first-order valence-electron chi connectivity index (χ1n) is 10.9. The molecule has 4 aromatic rings. The van der Waals surface area contributed by atoms with E-state index < -0.39 is 0 Å². The summed E-state index contributed by atoms with van der Waals surface area (Å²) >= 11 is 0. The Morgan fingerprint density at radius 3 is 2.50 bits per heavy atom. The van der Waals surface area contributed by atoms with Gasteiger partial charge in [-0.3, -0.25) is 4.79 Å². The largest absolute Gasteiger partial charge is 0.345 e. The van der Waals surface area contributed by atoms with Crippen LogP contribution in [0.25, 0.3) is 11.4 Å². The van der Waals surface area contributed by atoms with E-state index in [0.29, 0.717) is 17.2 Å². The predicted octanol–water partition coefficient (Wildman–Crippen LogP) is 5.69. The number of aryl methyl sites for hydroxylation is 1. The number of anilines is 2. The molecule has 0 fully saturated rings. The van der Waals surface area contributed by atoms with Crippen LogP contribution in [0.1, 0.15) is 40.4 Å². The Kier molecular flexibility index (Phi) is 5.62.